The highest BCUT2D eigenvalue weighted by Gasteiger charge is 2.50. The van der Waals surface area contributed by atoms with Crippen molar-refractivity contribution in [2.45, 2.75) is 45.3 Å². The highest BCUT2D eigenvalue weighted by molar-refractivity contribution is 6.10. The summed E-state index contributed by atoms with van der Waals surface area (Å²) in [6.07, 6.45) is 1.18. The third-order valence-corrected chi connectivity index (χ3v) is 5.97. The molecular weight excluding hydrogens is 388 g/mol. The number of carbonyl (C=O) groups excluding carboxylic acids is 2. The van der Waals surface area contributed by atoms with Gasteiger partial charge in [-0.1, -0.05) is 56.3 Å². The normalized spacial score (nSPS) is 17.8. The van der Waals surface area contributed by atoms with E-state index in [2.05, 4.69) is 37.0 Å². The molecule has 1 atom stereocenters. The van der Waals surface area contributed by atoms with Crippen LogP contribution in [0.4, 0.5) is 5.69 Å². The number of rotatable bonds is 6. The Bertz CT molecular complexity index is 1140. The number of benzene rings is 2. The lowest BCUT2D eigenvalue weighted by Gasteiger charge is -2.23. The van der Waals surface area contributed by atoms with Gasteiger partial charge in [0.2, 0.25) is 0 Å². The second-order valence-corrected chi connectivity index (χ2v) is 8.42. The van der Waals surface area contributed by atoms with Crippen LogP contribution >= 0.6 is 0 Å². The summed E-state index contributed by atoms with van der Waals surface area (Å²) in [5.41, 5.74) is 2.72. The quantitative estimate of drug-likeness (QED) is 0.602. The van der Waals surface area contributed by atoms with Crippen molar-refractivity contribution < 1.29 is 14.7 Å². The number of nitrogens with zero attached hydrogens (tertiary/aromatic N) is 2. The van der Waals surface area contributed by atoms with Crippen molar-refractivity contribution in [3.05, 3.63) is 94.8 Å². The lowest BCUT2D eigenvalue weighted by atomic mass is 9.89. The number of ketones is 1. The van der Waals surface area contributed by atoms with Crippen molar-refractivity contribution in [1.82, 2.24) is 4.98 Å². The molecule has 0 spiro atoms. The number of Topliss-reactive ketones (excluding diaryl/α,β-unsaturated/α-hetero) is 1. The van der Waals surface area contributed by atoms with E-state index in [0.717, 1.165) is 11.1 Å². The Balaban J connectivity index is 1.70. The van der Waals surface area contributed by atoms with Gasteiger partial charge in [0.1, 0.15) is 5.69 Å². The molecule has 0 saturated carbocycles. The fraction of sp³-hybridized carbons (Fsp3) is 0.269. The van der Waals surface area contributed by atoms with Crippen LogP contribution in [0.3, 0.4) is 0 Å². The Morgan fingerprint density at radius 3 is 2.55 bits per heavy atom. The summed E-state index contributed by atoms with van der Waals surface area (Å²) in [5, 5.41) is 11.5. The molecule has 1 N–H and O–H groups in total. The molecule has 5 heteroatoms. The first kappa shape index (κ1) is 20.9. The number of aryl methyl sites for hydroxylation is 1. The summed E-state index contributed by atoms with van der Waals surface area (Å²) in [7, 11) is 0. The molecule has 2 aromatic carbocycles. The van der Waals surface area contributed by atoms with Crippen molar-refractivity contribution >= 4 is 17.4 Å². The second kappa shape index (κ2) is 8.08. The van der Waals surface area contributed by atoms with E-state index in [1.807, 2.05) is 19.1 Å². The summed E-state index contributed by atoms with van der Waals surface area (Å²) in [5.74, 6) is -0.479. The Morgan fingerprint density at radius 2 is 1.84 bits per heavy atom. The molecule has 158 valence electrons. The zero-order valence-corrected chi connectivity index (χ0v) is 18.0. The van der Waals surface area contributed by atoms with Gasteiger partial charge in [-0.25, -0.2) is 0 Å². The first-order chi connectivity index (χ1) is 14.8. The number of anilines is 1. The van der Waals surface area contributed by atoms with Crippen LogP contribution in [0.1, 0.15) is 58.9 Å². The van der Waals surface area contributed by atoms with E-state index < -0.39 is 11.5 Å². The number of amides is 1. The molecule has 0 saturated heterocycles. The average Bonchev–Trinajstić information content (AvgIpc) is 2.97. The van der Waals surface area contributed by atoms with E-state index in [-0.39, 0.29) is 17.9 Å². The maximum absolute atomic E-state index is 13.5. The summed E-state index contributed by atoms with van der Waals surface area (Å²) >= 11 is 0. The van der Waals surface area contributed by atoms with E-state index in [4.69, 9.17) is 0 Å². The number of aromatic nitrogens is 1. The topological polar surface area (TPSA) is 70.5 Å². The van der Waals surface area contributed by atoms with Crippen molar-refractivity contribution in [2.75, 3.05) is 4.90 Å². The molecule has 1 aromatic heterocycles. The minimum absolute atomic E-state index is 0.236. The Kier molecular flexibility index (Phi) is 5.46. The SMILES string of the molecule is Cc1ccc(C(C)C)cc1CN1C(=O)[C@@](O)(CC(=O)c2ccccn2)c2ccccc21. The van der Waals surface area contributed by atoms with Crippen LogP contribution in [-0.2, 0) is 16.9 Å². The van der Waals surface area contributed by atoms with Gasteiger partial charge >= 0.3 is 0 Å². The van der Waals surface area contributed by atoms with Gasteiger partial charge in [-0.05, 0) is 47.7 Å². The van der Waals surface area contributed by atoms with Gasteiger partial charge in [-0.2, -0.15) is 0 Å². The van der Waals surface area contributed by atoms with Crippen LogP contribution in [0.5, 0.6) is 0 Å². The summed E-state index contributed by atoms with van der Waals surface area (Å²) in [4.78, 5) is 32.0. The molecule has 0 bridgehead atoms. The van der Waals surface area contributed by atoms with Gasteiger partial charge < -0.3 is 10.0 Å². The van der Waals surface area contributed by atoms with E-state index in [1.165, 1.54) is 11.8 Å². The molecule has 1 aliphatic heterocycles. The summed E-state index contributed by atoms with van der Waals surface area (Å²) in [6, 6.07) is 18.5. The zero-order valence-electron chi connectivity index (χ0n) is 18.0. The van der Waals surface area contributed by atoms with Gasteiger partial charge in [-0.3, -0.25) is 14.6 Å². The van der Waals surface area contributed by atoms with Crippen LogP contribution in [-0.4, -0.2) is 21.8 Å². The molecule has 0 unspecified atom stereocenters. The van der Waals surface area contributed by atoms with E-state index >= 15 is 0 Å². The predicted molar refractivity (Wildman–Crippen MR) is 120 cm³/mol. The number of pyridine rings is 1. The number of para-hydroxylation sites is 1. The molecule has 1 amide bonds. The van der Waals surface area contributed by atoms with Crippen LogP contribution in [0.15, 0.2) is 66.9 Å². The lowest BCUT2D eigenvalue weighted by Crippen LogP contribution is -2.41. The van der Waals surface area contributed by atoms with E-state index in [1.54, 1.807) is 35.2 Å². The molecule has 0 fully saturated rings. The fourth-order valence-electron chi connectivity index (χ4n) is 4.08. The smallest absolute Gasteiger partial charge is 0.264 e. The number of aliphatic hydroxyl groups is 1. The zero-order chi connectivity index (χ0) is 22.2. The monoisotopic (exact) mass is 414 g/mol. The van der Waals surface area contributed by atoms with Crippen LogP contribution < -0.4 is 4.90 Å². The van der Waals surface area contributed by atoms with Crippen molar-refractivity contribution in [2.24, 2.45) is 0 Å². The van der Waals surface area contributed by atoms with Crippen molar-refractivity contribution in [1.29, 1.82) is 0 Å². The van der Waals surface area contributed by atoms with Gasteiger partial charge in [-0.15, -0.1) is 0 Å². The van der Waals surface area contributed by atoms with Crippen LogP contribution in [0.2, 0.25) is 0 Å². The van der Waals surface area contributed by atoms with Gasteiger partial charge in [0.15, 0.2) is 11.4 Å². The van der Waals surface area contributed by atoms with E-state index in [9.17, 15) is 14.7 Å². The Morgan fingerprint density at radius 1 is 1.10 bits per heavy atom. The number of hydrogen-bond donors (Lipinski definition) is 1. The minimum Gasteiger partial charge on any atom is -0.375 e. The summed E-state index contributed by atoms with van der Waals surface area (Å²) in [6.45, 7) is 6.62. The first-order valence-corrected chi connectivity index (χ1v) is 10.5. The predicted octanol–water partition coefficient (Wildman–Crippen LogP) is 4.52. The average molecular weight is 415 g/mol. The van der Waals surface area contributed by atoms with Gasteiger partial charge in [0.05, 0.1) is 18.7 Å². The highest BCUT2D eigenvalue weighted by atomic mass is 16.3. The molecule has 31 heavy (non-hydrogen) atoms. The molecule has 1 aliphatic rings. The third kappa shape index (κ3) is 3.77. The van der Waals surface area contributed by atoms with Gasteiger partial charge in [0, 0.05) is 11.8 Å². The minimum atomic E-state index is -1.91. The molecule has 0 radical (unpaired) electrons. The number of carbonyl (C=O) groups is 2. The maximum Gasteiger partial charge on any atom is 0.264 e. The molecule has 0 aliphatic carbocycles. The van der Waals surface area contributed by atoms with Crippen LogP contribution in [0, 0.1) is 6.92 Å². The van der Waals surface area contributed by atoms with Crippen molar-refractivity contribution in [3.8, 4) is 0 Å². The Hall–Kier alpha value is -3.31. The second-order valence-electron chi connectivity index (χ2n) is 8.42. The molecule has 4 rings (SSSR count). The number of fused-ring (bicyclic) bond motifs is 1. The van der Waals surface area contributed by atoms with E-state index in [0.29, 0.717) is 23.7 Å². The third-order valence-electron chi connectivity index (χ3n) is 5.97. The Labute approximate surface area is 182 Å². The highest BCUT2D eigenvalue weighted by Crippen LogP contribution is 2.43. The fourth-order valence-corrected chi connectivity index (χ4v) is 4.08. The molecule has 5 nitrogen and oxygen atoms in total. The molecule has 3 aromatic rings. The van der Waals surface area contributed by atoms with Crippen molar-refractivity contribution in [3.63, 3.8) is 0 Å². The van der Waals surface area contributed by atoms with Crippen LogP contribution in [0.25, 0.3) is 0 Å². The first-order valence-electron chi connectivity index (χ1n) is 10.5. The van der Waals surface area contributed by atoms with Gasteiger partial charge in [0.25, 0.3) is 5.91 Å². The maximum atomic E-state index is 13.5. The standard InChI is InChI=1S/C26H26N2O3/c1-17(2)19-12-11-18(3)20(14-19)16-28-23-10-5-4-8-21(23)26(31,25(28)30)15-24(29)22-9-6-7-13-27-22/h4-14,17,31H,15-16H2,1-3H3/t26-/m1/s1. The number of hydrogen-bond acceptors (Lipinski definition) is 4. The largest absolute Gasteiger partial charge is 0.375 e. The lowest BCUT2D eigenvalue weighted by molar-refractivity contribution is -0.136. The molecule has 2 heterocycles. The summed E-state index contributed by atoms with van der Waals surface area (Å²) < 4.78 is 0. The molecular formula is C26H26N2O3.